The fraction of sp³-hybridized carbons (Fsp3) is 0.619. The van der Waals surface area contributed by atoms with Crippen LogP contribution in [0.4, 0.5) is 0 Å². The molecule has 0 N–H and O–H groups in total. The van der Waals surface area contributed by atoms with E-state index < -0.39 is 0 Å². The molecule has 27 heavy (non-hydrogen) atoms. The molecule has 0 spiro atoms. The molecule has 0 bridgehead atoms. The molecule has 3 aliphatic rings. The van der Waals surface area contributed by atoms with E-state index in [0.29, 0.717) is 17.8 Å². The molecule has 2 unspecified atom stereocenters. The van der Waals surface area contributed by atoms with Gasteiger partial charge in [-0.1, -0.05) is 23.7 Å². The maximum Gasteiger partial charge on any atom is 0.258 e. The van der Waals surface area contributed by atoms with Gasteiger partial charge in [0.15, 0.2) is 0 Å². The molecule has 2 aromatic rings. The first-order chi connectivity index (χ1) is 13.3. The summed E-state index contributed by atoms with van der Waals surface area (Å²) in [5.41, 5.74) is 2.32. The van der Waals surface area contributed by atoms with Crippen LogP contribution < -0.4 is 0 Å². The van der Waals surface area contributed by atoms with Crippen LogP contribution in [0, 0.1) is 0 Å². The predicted octanol–water partition coefficient (Wildman–Crippen LogP) is 3.26. The Morgan fingerprint density at radius 1 is 1.00 bits per heavy atom. The van der Waals surface area contributed by atoms with E-state index >= 15 is 0 Å². The number of fused-ring (bicyclic) bond motifs is 1. The largest absolute Gasteiger partial charge is 0.367 e. The number of rotatable bonds is 4. The van der Waals surface area contributed by atoms with Gasteiger partial charge in [0.25, 0.3) is 5.89 Å². The Balaban J connectivity index is 1.25. The highest BCUT2D eigenvalue weighted by molar-refractivity contribution is 5.53. The molecule has 3 saturated heterocycles. The zero-order valence-electron chi connectivity index (χ0n) is 15.8. The first-order valence-electron chi connectivity index (χ1n) is 10.4. The monoisotopic (exact) mass is 368 g/mol. The van der Waals surface area contributed by atoms with Gasteiger partial charge in [0, 0.05) is 24.7 Å². The van der Waals surface area contributed by atoms with Crippen molar-refractivity contribution in [1.82, 2.24) is 19.9 Å². The molecule has 3 fully saturated rings. The average Bonchev–Trinajstić information content (AvgIpc) is 3.40. The van der Waals surface area contributed by atoms with Crippen LogP contribution in [0.2, 0.25) is 0 Å². The minimum absolute atomic E-state index is 0.0775. The first-order valence-corrected chi connectivity index (χ1v) is 10.4. The number of likely N-dealkylation sites (tertiary alicyclic amines) is 1. The van der Waals surface area contributed by atoms with Crippen LogP contribution in [-0.4, -0.2) is 58.8 Å². The van der Waals surface area contributed by atoms with Crippen molar-refractivity contribution in [2.75, 3.05) is 32.8 Å². The van der Waals surface area contributed by atoms with Crippen LogP contribution in [0.25, 0.3) is 11.5 Å². The SMILES string of the molecule is c1cc(-c2nc(C3CN4CCCCC4CO3)no2)ccc1CN1CCCC1. The summed E-state index contributed by atoms with van der Waals surface area (Å²) in [7, 11) is 0. The summed E-state index contributed by atoms with van der Waals surface area (Å²) in [6.45, 7) is 6.27. The van der Waals surface area contributed by atoms with Gasteiger partial charge in [0.2, 0.25) is 5.82 Å². The normalized spacial score (nSPS) is 27.0. The molecule has 0 amide bonds. The molecule has 3 aliphatic heterocycles. The highest BCUT2D eigenvalue weighted by Gasteiger charge is 2.33. The second-order valence-electron chi connectivity index (χ2n) is 8.10. The van der Waals surface area contributed by atoms with Crippen LogP contribution in [0.1, 0.15) is 49.6 Å². The number of ether oxygens (including phenoxy) is 1. The Bertz CT molecular complexity index is 754. The molecular weight excluding hydrogens is 340 g/mol. The third-order valence-corrected chi connectivity index (χ3v) is 6.17. The lowest BCUT2D eigenvalue weighted by molar-refractivity contribution is -0.0805. The van der Waals surface area contributed by atoms with Gasteiger partial charge in [-0.2, -0.15) is 4.98 Å². The second-order valence-corrected chi connectivity index (χ2v) is 8.10. The molecule has 1 aromatic carbocycles. The van der Waals surface area contributed by atoms with Crippen molar-refractivity contribution in [3.05, 3.63) is 35.7 Å². The van der Waals surface area contributed by atoms with Crippen molar-refractivity contribution >= 4 is 0 Å². The van der Waals surface area contributed by atoms with Gasteiger partial charge in [0.1, 0.15) is 6.10 Å². The highest BCUT2D eigenvalue weighted by atomic mass is 16.5. The van der Waals surface area contributed by atoms with Crippen LogP contribution in [0.3, 0.4) is 0 Å². The maximum atomic E-state index is 6.04. The molecule has 0 saturated carbocycles. The molecule has 0 radical (unpaired) electrons. The molecular formula is C21H28N4O2. The fourth-order valence-corrected chi connectivity index (χ4v) is 4.57. The fourth-order valence-electron chi connectivity index (χ4n) is 4.57. The summed E-state index contributed by atoms with van der Waals surface area (Å²) >= 11 is 0. The van der Waals surface area contributed by atoms with Crippen molar-refractivity contribution < 1.29 is 9.26 Å². The standard InChI is InChI=1S/C21H28N4O2/c1-2-12-25-14-19(26-15-18(25)5-1)20-22-21(27-23-20)17-8-6-16(7-9-17)13-24-10-3-4-11-24/h6-9,18-19H,1-5,10-15H2. The van der Waals surface area contributed by atoms with Crippen molar-refractivity contribution in [2.24, 2.45) is 0 Å². The molecule has 6 nitrogen and oxygen atoms in total. The van der Waals surface area contributed by atoms with E-state index in [9.17, 15) is 0 Å². The second kappa shape index (κ2) is 7.70. The Hall–Kier alpha value is -1.76. The quantitative estimate of drug-likeness (QED) is 0.826. The zero-order valence-corrected chi connectivity index (χ0v) is 15.8. The summed E-state index contributed by atoms with van der Waals surface area (Å²) in [5, 5.41) is 4.21. The molecule has 0 aliphatic carbocycles. The van der Waals surface area contributed by atoms with E-state index in [2.05, 4.69) is 44.2 Å². The van der Waals surface area contributed by atoms with Crippen LogP contribution in [0.5, 0.6) is 0 Å². The summed E-state index contributed by atoms with van der Waals surface area (Å²) in [4.78, 5) is 9.67. The lowest BCUT2D eigenvalue weighted by Gasteiger charge is -2.41. The van der Waals surface area contributed by atoms with E-state index in [4.69, 9.17) is 9.26 Å². The van der Waals surface area contributed by atoms with Gasteiger partial charge in [-0.05, 0) is 63.0 Å². The number of hydrogen-bond acceptors (Lipinski definition) is 6. The lowest BCUT2D eigenvalue weighted by Crippen LogP contribution is -2.49. The zero-order chi connectivity index (χ0) is 18.1. The first kappa shape index (κ1) is 17.3. The minimum atomic E-state index is -0.0775. The van der Waals surface area contributed by atoms with Crippen LogP contribution in [-0.2, 0) is 11.3 Å². The predicted molar refractivity (Wildman–Crippen MR) is 102 cm³/mol. The molecule has 2 atom stereocenters. The number of piperidine rings is 1. The Labute approximate surface area is 160 Å². The number of hydrogen-bond donors (Lipinski definition) is 0. The number of morpholine rings is 1. The lowest BCUT2D eigenvalue weighted by atomic mass is 10.0. The van der Waals surface area contributed by atoms with Gasteiger partial charge >= 0.3 is 0 Å². The van der Waals surface area contributed by atoms with Crippen molar-refractivity contribution in [3.8, 4) is 11.5 Å². The van der Waals surface area contributed by atoms with E-state index in [1.807, 2.05) is 0 Å². The van der Waals surface area contributed by atoms with E-state index in [1.165, 1.54) is 50.8 Å². The van der Waals surface area contributed by atoms with Gasteiger partial charge in [-0.15, -0.1) is 0 Å². The van der Waals surface area contributed by atoms with Crippen LogP contribution in [0.15, 0.2) is 28.8 Å². The summed E-state index contributed by atoms with van der Waals surface area (Å²) < 4.78 is 11.6. The average molecular weight is 368 g/mol. The Morgan fingerprint density at radius 2 is 1.81 bits per heavy atom. The molecule has 6 heteroatoms. The van der Waals surface area contributed by atoms with Crippen LogP contribution >= 0.6 is 0 Å². The molecule has 144 valence electrons. The van der Waals surface area contributed by atoms with Gasteiger partial charge in [-0.3, -0.25) is 9.80 Å². The van der Waals surface area contributed by atoms with E-state index in [1.54, 1.807) is 0 Å². The summed E-state index contributed by atoms with van der Waals surface area (Å²) in [6.07, 6.45) is 6.41. The summed E-state index contributed by atoms with van der Waals surface area (Å²) in [6, 6.07) is 9.10. The van der Waals surface area contributed by atoms with Gasteiger partial charge < -0.3 is 9.26 Å². The van der Waals surface area contributed by atoms with E-state index in [0.717, 1.165) is 31.8 Å². The Kier molecular flexibility index (Phi) is 4.95. The number of aromatic nitrogens is 2. The Morgan fingerprint density at radius 3 is 2.67 bits per heavy atom. The van der Waals surface area contributed by atoms with Gasteiger partial charge in [0.05, 0.1) is 6.61 Å². The van der Waals surface area contributed by atoms with Crippen molar-refractivity contribution in [3.63, 3.8) is 0 Å². The minimum Gasteiger partial charge on any atom is -0.367 e. The third kappa shape index (κ3) is 3.79. The van der Waals surface area contributed by atoms with Crippen molar-refractivity contribution in [1.29, 1.82) is 0 Å². The highest BCUT2D eigenvalue weighted by Crippen LogP contribution is 2.29. The van der Waals surface area contributed by atoms with Crippen molar-refractivity contribution in [2.45, 2.75) is 50.8 Å². The number of nitrogens with zero attached hydrogens (tertiary/aromatic N) is 4. The topological polar surface area (TPSA) is 54.6 Å². The van der Waals surface area contributed by atoms with Gasteiger partial charge in [-0.25, -0.2) is 0 Å². The number of benzene rings is 1. The molecule has 4 heterocycles. The third-order valence-electron chi connectivity index (χ3n) is 6.17. The maximum absolute atomic E-state index is 6.04. The summed E-state index contributed by atoms with van der Waals surface area (Å²) in [5.74, 6) is 1.26. The van der Waals surface area contributed by atoms with E-state index in [-0.39, 0.29) is 6.10 Å². The smallest absolute Gasteiger partial charge is 0.258 e. The molecule has 5 rings (SSSR count). The molecule has 1 aromatic heterocycles.